The number of urea groups is 1. The smallest absolute Gasteiger partial charge is 0.409 e. The number of hydrogen-bond acceptors (Lipinski definition) is 6. The Hall–Kier alpha value is -4.22. The van der Waals surface area contributed by atoms with E-state index in [1.165, 1.54) is 0 Å². The molecule has 6 rings (SSSR count). The maximum atomic E-state index is 13.9. The SMILES string of the molecule is CCC1(c2cc(C)c3c(cnn3COCC[Si](C)(C)C)c2)CC(N2Cc3ccccc3NC2=O)CCN1C(=O)Oc1cccnc1. The lowest BCUT2D eigenvalue weighted by Gasteiger charge is -2.51. The number of piperidine rings is 1. The second-order valence-electron chi connectivity index (χ2n) is 13.7. The number of nitrogens with one attached hydrogen (secondary N) is 1. The Kier molecular flexibility index (Phi) is 8.89. The first-order valence-corrected chi connectivity index (χ1v) is 19.9. The standard InChI is InChI=1S/C35H44N6O4Si/c1-6-35(28-18-25(2)32-27(19-28)21-37-41(32)24-44-16-17-46(3,4)5)20-29(39-23-26-10-7-8-12-31(26)38-33(39)42)13-15-40(35)34(43)45-30-11-9-14-36-22-30/h7-12,14,18-19,21-22,29H,6,13,15-17,20,23-24H2,1-5H3,(H,38,42). The van der Waals surface area contributed by atoms with E-state index in [0.717, 1.165) is 45.9 Å². The molecule has 2 unspecified atom stereocenters. The number of ether oxygens (including phenoxy) is 2. The average molecular weight is 641 g/mol. The van der Waals surface area contributed by atoms with Crippen LogP contribution in [0.1, 0.15) is 42.9 Å². The molecule has 0 radical (unpaired) electrons. The van der Waals surface area contributed by atoms with Crippen LogP contribution in [-0.2, 0) is 23.6 Å². The van der Waals surface area contributed by atoms with Gasteiger partial charge in [-0.05, 0) is 73.2 Å². The van der Waals surface area contributed by atoms with Crippen LogP contribution in [0.2, 0.25) is 25.7 Å². The summed E-state index contributed by atoms with van der Waals surface area (Å²) in [4.78, 5) is 35.3. The van der Waals surface area contributed by atoms with Crippen LogP contribution in [0.25, 0.3) is 10.9 Å². The van der Waals surface area contributed by atoms with E-state index in [1.54, 1.807) is 24.5 Å². The largest absolute Gasteiger partial charge is 0.416 e. The molecule has 1 saturated heterocycles. The average Bonchev–Trinajstić information content (AvgIpc) is 3.46. The summed E-state index contributed by atoms with van der Waals surface area (Å²) in [6, 6.07) is 16.6. The number of amides is 3. The molecule has 2 aromatic heterocycles. The van der Waals surface area contributed by atoms with Gasteiger partial charge in [0, 0.05) is 51.1 Å². The number of aromatic nitrogens is 3. The summed E-state index contributed by atoms with van der Waals surface area (Å²) in [5.74, 6) is 0.397. The molecule has 10 nitrogen and oxygen atoms in total. The summed E-state index contributed by atoms with van der Waals surface area (Å²) in [7, 11) is -1.19. The number of fused-ring (bicyclic) bond motifs is 2. The molecule has 2 aliphatic rings. The third-order valence-corrected chi connectivity index (χ3v) is 11.1. The van der Waals surface area contributed by atoms with Gasteiger partial charge in [0.25, 0.3) is 0 Å². The molecule has 4 aromatic rings. The van der Waals surface area contributed by atoms with Crippen LogP contribution >= 0.6 is 0 Å². The minimum Gasteiger partial charge on any atom is -0.409 e. The molecule has 0 aliphatic carbocycles. The number of aryl methyl sites for hydroxylation is 1. The van der Waals surface area contributed by atoms with Gasteiger partial charge >= 0.3 is 12.1 Å². The van der Waals surface area contributed by atoms with E-state index < -0.39 is 19.7 Å². The summed E-state index contributed by atoms with van der Waals surface area (Å²) >= 11 is 0. The van der Waals surface area contributed by atoms with Gasteiger partial charge in [-0.15, -0.1) is 0 Å². The quantitative estimate of drug-likeness (QED) is 0.151. The van der Waals surface area contributed by atoms with Gasteiger partial charge in [0.1, 0.15) is 6.73 Å². The lowest BCUT2D eigenvalue weighted by molar-refractivity contribution is 0.0112. The molecule has 3 amide bonds. The van der Waals surface area contributed by atoms with E-state index in [9.17, 15) is 9.59 Å². The monoisotopic (exact) mass is 640 g/mol. The van der Waals surface area contributed by atoms with Crippen molar-refractivity contribution in [2.24, 2.45) is 0 Å². The van der Waals surface area contributed by atoms with Gasteiger partial charge in [0.15, 0.2) is 5.75 Å². The Bertz CT molecular complexity index is 1720. The van der Waals surface area contributed by atoms with Gasteiger partial charge in [-0.25, -0.2) is 14.3 Å². The van der Waals surface area contributed by atoms with Crippen molar-refractivity contribution in [1.29, 1.82) is 0 Å². The number of para-hydroxylation sites is 1. The van der Waals surface area contributed by atoms with E-state index in [4.69, 9.17) is 9.47 Å². The minimum absolute atomic E-state index is 0.0887. The van der Waals surface area contributed by atoms with E-state index in [2.05, 4.69) is 67.1 Å². The molecule has 4 heterocycles. The molecule has 1 N–H and O–H groups in total. The lowest BCUT2D eigenvalue weighted by atomic mass is 9.75. The number of benzene rings is 2. The van der Waals surface area contributed by atoms with Crippen molar-refractivity contribution < 1.29 is 19.1 Å². The molecule has 0 spiro atoms. The number of likely N-dealkylation sites (tertiary alicyclic amines) is 1. The van der Waals surface area contributed by atoms with E-state index in [1.807, 2.05) is 38.9 Å². The van der Waals surface area contributed by atoms with Crippen LogP contribution in [0.4, 0.5) is 15.3 Å². The van der Waals surface area contributed by atoms with Gasteiger partial charge in [0.05, 0.1) is 23.4 Å². The first-order valence-electron chi connectivity index (χ1n) is 16.2. The molecule has 0 saturated carbocycles. The molecule has 1 fully saturated rings. The van der Waals surface area contributed by atoms with Crippen LogP contribution in [0.3, 0.4) is 0 Å². The Morgan fingerprint density at radius 2 is 1.96 bits per heavy atom. The number of pyridine rings is 1. The second-order valence-corrected chi connectivity index (χ2v) is 19.3. The number of anilines is 1. The molecule has 0 bridgehead atoms. The van der Waals surface area contributed by atoms with Gasteiger partial charge in [0.2, 0.25) is 0 Å². The summed E-state index contributed by atoms with van der Waals surface area (Å²) < 4.78 is 13.8. The van der Waals surface area contributed by atoms with Gasteiger partial charge < -0.3 is 19.7 Å². The number of nitrogens with zero attached hydrogens (tertiary/aromatic N) is 5. The number of carbonyl (C=O) groups is 2. The maximum absolute atomic E-state index is 13.9. The zero-order valence-corrected chi connectivity index (χ0v) is 28.5. The van der Waals surface area contributed by atoms with Crippen molar-refractivity contribution in [3.63, 3.8) is 0 Å². The van der Waals surface area contributed by atoms with Crippen molar-refractivity contribution >= 4 is 36.8 Å². The Labute approximate surface area is 271 Å². The predicted molar refractivity (Wildman–Crippen MR) is 182 cm³/mol. The summed E-state index contributed by atoms with van der Waals surface area (Å²) in [6.07, 6.45) is 6.49. The zero-order chi connectivity index (χ0) is 32.5. The van der Waals surface area contributed by atoms with E-state index in [0.29, 0.717) is 44.8 Å². The first kappa shape index (κ1) is 31.7. The Morgan fingerprint density at radius 3 is 2.72 bits per heavy atom. The fourth-order valence-electron chi connectivity index (χ4n) is 6.86. The highest BCUT2D eigenvalue weighted by atomic mass is 28.3. The lowest BCUT2D eigenvalue weighted by Crippen LogP contribution is -2.60. The van der Waals surface area contributed by atoms with Crippen molar-refractivity contribution in [3.8, 4) is 5.75 Å². The van der Waals surface area contributed by atoms with Crippen LogP contribution in [-0.4, -0.2) is 64.0 Å². The topological polar surface area (TPSA) is 102 Å². The highest BCUT2D eigenvalue weighted by Crippen LogP contribution is 2.45. The predicted octanol–water partition coefficient (Wildman–Crippen LogP) is 7.37. The molecule has 2 atom stereocenters. The first-order chi connectivity index (χ1) is 22.1. The molecule has 2 aliphatic heterocycles. The molecular formula is C35H44N6O4Si. The van der Waals surface area contributed by atoms with Crippen molar-refractivity contribution in [2.45, 2.75) is 83.7 Å². The molecular weight excluding hydrogens is 597 g/mol. The van der Waals surface area contributed by atoms with Crippen LogP contribution in [0.5, 0.6) is 5.75 Å². The summed E-state index contributed by atoms with van der Waals surface area (Å²) in [5, 5.41) is 8.75. The highest BCUT2D eigenvalue weighted by molar-refractivity contribution is 6.76. The molecule has 11 heteroatoms. The van der Waals surface area contributed by atoms with Crippen LogP contribution in [0.15, 0.2) is 67.1 Å². The highest BCUT2D eigenvalue weighted by Gasteiger charge is 2.48. The van der Waals surface area contributed by atoms with E-state index in [-0.39, 0.29) is 12.1 Å². The van der Waals surface area contributed by atoms with Crippen LogP contribution < -0.4 is 10.1 Å². The van der Waals surface area contributed by atoms with Gasteiger partial charge in [-0.2, -0.15) is 5.10 Å². The van der Waals surface area contributed by atoms with Crippen LogP contribution in [0, 0.1) is 6.92 Å². The third-order valence-electron chi connectivity index (χ3n) is 9.39. The third kappa shape index (κ3) is 6.39. The maximum Gasteiger partial charge on any atom is 0.416 e. The number of hydrogen-bond donors (Lipinski definition) is 1. The molecule has 2 aromatic carbocycles. The second kappa shape index (κ2) is 12.9. The Morgan fingerprint density at radius 1 is 1.13 bits per heavy atom. The summed E-state index contributed by atoms with van der Waals surface area (Å²) in [6.45, 7) is 13.3. The Balaban J connectivity index is 1.34. The van der Waals surface area contributed by atoms with Gasteiger partial charge in [-0.1, -0.05) is 50.8 Å². The molecule has 242 valence electrons. The minimum atomic E-state index is -1.19. The van der Waals surface area contributed by atoms with Crippen molar-refractivity contribution in [3.05, 3.63) is 83.8 Å². The fourth-order valence-corrected chi connectivity index (χ4v) is 7.62. The zero-order valence-electron chi connectivity index (χ0n) is 27.5. The normalized spacial score (nSPS) is 20.0. The number of carbonyl (C=O) groups excluding carboxylic acids is 2. The van der Waals surface area contributed by atoms with Crippen molar-refractivity contribution in [1.82, 2.24) is 24.6 Å². The van der Waals surface area contributed by atoms with E-state index >= 15 is 0 Å². The fraction of sp³-hybridized carbons (Fsp3) is 0.429. The summed E-state index contributed by atoms with van der Waals surface area (Å²) in [5.41, 5.74) is 4.29. The van der Waals surface area contributed by atoms with Crippen molar-refractivity contribution in [2.75, 3.05) is 18.5 Å². The molecule has 46 heavy (non-hydrogen) atoms. The van der Waals surface area contributed by atoms with Gasteiger partial charge in [-0.3, -0.25) is 9.88 Å². The number of rotatable bonds is 9.